The minimum atomic E-state index is -0.0912. The number of rotatable bonds is 1. The Morgan fingerprint density at radius 1 is 1.64 bits per heavy atom. The summed E-state index contributed by atoms with van der Waals surface area (Å²) in [5.41, 5.74) is 0. The molecule has 0 aromatic rings. The summed E-state index contributed by atoms with van der Waals surface area (Å²) >= 11 is 3.60. The molecule has 0 aromatic heterocycles. The Morgan fingerprint density at radius 2 is 2.45 bits per heavy atom. The van der Waals surface area contributed by atoms with Crippen molar-refractivity contribution in [1.29, 1.82) is 0 Å². The van der Waals surface area contributed by atoms with Crippen molar-refractivity contribution in [3.8, 4) is 0 Å². The number of hydrogen-bond acceptors (Lipinski definition) is 5. The number of carbonyl (C=O) groups excluding carboxylic acids is 1. The van der Waals surface area contributed by atoms with Crippen molar-refractivity contribution in [1.82, 2.24) is 5.32 Å². The number of amides is 1. The fourth-order valence-corrected chi connectivity index (χ4v) is 2.19. The van der Waals surface area contributed by atoms with E-state index in [0.717, 1.165) is 16.4 Å². The quantitative estimate of drug-likeness (QED) is 0.666. The molecular weight excluding hydrogens is 202 g/mol. The predicted octanol–water partition coefficient (Wildman–Crippen LogP) is 1.68. The van der Waals surface area contributed by atoms with Crippen LogP contribution in [0.1, 0.15) is 6.92 Å². The average Bonchev–Trinajstić information content (AvgIpc) is 2.14. The van der Waals surface area contributed by atoms with Gasteiger partial charge in [0.05, 0.1) is 11.4 Å². The van der Waals surface area contributed by atoms with Crippen LogP contribution in [0, 0.1) is 0 Å². The molecule has 0 saturated carbocycles. The van der Waals surface area contributed by atoms with E-state index in [1.54, 1.807) is 5.41 Å². The minimum Gasteiger partial charge on any atom is -0.319 e. The third-order valence-corrected chi connectivity index (χ3v) is 2.79. The summed E-state index contributed by atoms with van der Waals surface area (Å²) < 4.78 is 7.71. The molecule has 0 radical (unpaired) electrons. The molecule has 0 atom stereocenters. The molecule has 0 saturated heterocycles. The first-order chi connectivity index (χ1) is 5.29. The van der Waals surface area contributed by atoms with Gasteiger partial charge in [-0.15, -0.1) is 7.54 Å². The van der Waals surface area contributed by atoms with Crippen LogP contribution < -0.4 is 5.32 Å². The van der Waals surface area contributed by atoms with Crippen molar-refractivity contribution in [2.24, 2.45) is 7.54 Å². The van der Waals surface area contributed by atoms with Gasteiger partial charge in [-0.25, -0.2) is 0 Å². The van der Waals surface area contributed by atoms with Gasteiger partial charge < -0.3 is 5.32 Å². The van der Waals surface area contributed by atoms with Crippen LogP contribution >= 0.6 is 23.9 Å². The summed E-state index contributed by atoms with van der Waals surface area (Å²) in [4.78, 5) is 10.6. The zero-order valence-corrected chi connectivity index (χ0v) is 8.05. The Morgan fingerprint density at radius 3 is 3.18 bits per heavy atom. The van der Waals surface area contributed by atoms with E-state index >= 15 is 0 Å². The highest BCUT2D eigenvalue weighted by Gasteiger charge is 2.00. The molecule has 11 heavy (non-hydrogen) atoms. The van der Waals surface area contributed by atoms with Crippen molar-refractivity contribution < 1.29 is 4.79 Å². The Hall–Kier alpha value is -0.270. The maximum Gasteiger partial charge on any atom is 0.221 e. The molecule has 1 heterocycles. The highest BCUT2D eigenvalue weighted by molar-refractivity contribution is 8.09. The van der Waals surface area contributed by atoms with E-state index in [2.05, 4.69) is 12.9 Å². The summed E-state index contributed by atoms with van der Waals surface area (Å²) in [5.74, 6) is -0.0912. The van der Waals surface area contributed by atoms with Crippen molar-refractivity contribution >= 4 is 41.2 Å². The van der Waals surface area contributed by atoms with Gasteiger partial charge in [0.1, 0.15) is 5.03 Å². The molecule has 1 amide bonds. The van der Waals surface area contributed by atoms with E-state index in [1.807, 2.05) is 0 Å². The van der Waals surface area contributed by atoms with Crippen molar-refractivity contribution in [2.45, 2.75) is 6.92 Å². The van der Waals surface area contributed by atoms with Crippen LogP contribution in [-0.4, -0.2) is 5.91 Å². The fraction of sp³-hybridized carbons (Fsp3) is 0.250. The van der Waals surface area contributed by atoms with Crippen LogP contribution in [0.5, 0.6) is 0 Å². The highest BCUT2D eigenvalue weighted by Crippen LogP contribution is 2.21. The summed E-state index contributed by atoms with van der Waals surface area (Å²) in [5, 5.41) is 5.08. The van der Waals surface area contributed by atoms with Gasteiger partial charge in [-0.2, -0.15) is 0 Å². The Labute approximate surface area is 76.4 Å². The lowest BCUT2D eigenvalue weighted by molar-refractivity contribution is -0.118. The first kappa shape index (κ1) is 8.82. The van der Waals surface area contributed by atoms with Gasteiger partial charge in [0, 0.05) is 36.2 Å². The molecule has 0 bridgehead atoms. The topological polar surface area (TPSA) is 53.8 Å². The number of nitrogens with one attached hydrogen (secondary N) is 1. The van der Waals surface area contributed by atoms with Gasteiger partial charge in [-0.05, 0) is 0 Å². The molecule has 1 N–H and O–H groups in total. The molecule has 0 fully saturated rings. The molecule has 1 aliphatic rings. The Kier molecular flexibility index (Phi) is 3.67. The van der Waals surface area contributed by atoms with Crippen molar-refractivity contribution in [3.63, 3.8) is 0 Å². The van der Waals surface area contributed by atoms with E-state index in [0.29, 0.717) is 0 Å². The normalized spacial score (nSPS) is 16.3. The van der Waals surface area contributed by atoms with E-state index < -0.39 is 0 Å². The lowest BCUT2D eigenvalue weighted by Gasteiger charge is -1.99. The van der Waals surface area contributed by atoms with Gasteiger partial charge >= 0.3 is 0 Å². The predicted molar refractivity (Wildman–Crippen MR) is 49.3 cm³/mol. The number of carbonyl (C=O) groups is 1. The smallest absolute Gasteiger partial charge is 0.221 e. The van der Waals surface area contributed by atoms with Crippen LogP contribution in [0.3, 0.4) is 0 Å². The number of nitrogens with zero attached hydrogens (tertiary/aromatic N) is 2. The molecule has 0 aliphatic carbocycles. The molecule has 7 heteroatoms. The molecule has 1 rings (SSSR count). The Bertz CT molecular complexity index is 255. The first-order valence-corrected chi connectivity index (χ1v) is 5.00. The van der Waals surface area contributed by atoms with Gasteiger partial charge in [-0.1, -0.05) is 0 Å². The first-order valence-electron chi connectivity index (χ1n) is 2.66. The number of hydrogen-bond donors (Lipinski definition) is 1. The second-order valence-electron chi connectivity index (χ2n) is 1.59. The maximum atomic E-state index is 10.6. The second-order valence-corrected chi connectivity index (χ2v) is 4.02. The molecular formula is C4H5N3OS3. The average molecular weight is 207 g/mol. The van der Waals surface area contributed by atoms with E-state index in [1.165, 1.54) is 30.8 Å². The van der Waals surface area contributed by atoms with Gasteiger partial charge in [0.25, 0.3) is 0 Å². The molecule has 0 unspecified atom stereocenters. The summed E-state index contributed by atoms with van der Waals surface area (Å²) in [6, 6.07) is 0. The zero-order chi connectivity index (χ0) is 8.10. The second kappa shape index (κ2) is 4.58. The minimum absolute atomic E-state index is 0.0912. The lowest BCUT2D eigenvalue weighted by Crippen LogP contribution is -2.16. The van der Waals surface area contributed by atoms with Crippen LogP contribution in [0.2, 0.25) is 0 Å². The van der Waals surface area contributed by atoms with Crippen molar-refractivity contribution in [2.75, 3.05) is 0 Å². The van der Waals surface area contributed by atoms with Gasteiger partial charge in [0.2, 0.25) is 5.91 Å². The highest BCUT2D eigenvalue weighted by atomic mass is 32.2. The molecule has 4 nitrogen and oxygen atoms in total. The van der Waals surface area contributed by atoms with Gasteiger partial charge in [-0.3, -0.25) is 4.79 Å². The van der Waals surface area contributed by atoms with Crippen LogP contribution in [-0.2, 0) is 16.1 Å². The molecule has 60 valence electrons. The largest absolute Gasteiger partial charge is 0.319 e. The maximum absolute atomic E-state index is 10.6. The SMILES string of the molecule is CC(=O)NC1=CSN=S=NS1. The van der Waals surface area contributed by atoms with Crippen LogP contribution in [0.15, 0.2) is 18.0 Å². The van der Waals surface area contributed by atoms with Crippen LogP contribution in [0.4, 0.5) is 0 Å². The third-order valence-electron chi connectivity index (χ3n) is 0.704. The summed E-state index contributed by atoms with van der Waals surface area (Å²) in [6.07, 6.45) is 0. The van der Waals surface area contributed by atoms with E-state index in [4.69, 9.17) is 0 Å². The van der Waals surface area contributed by atoms with E-state index in [-0.39, 0.29) is 5.91 Å². The summed E-state index contributed by atoms with van der Waals surface area (Å²) in [7, 11) is 0. The molecule has 1 aliphatic heterocycles. The van der Waals surface area contributed by atoms with E-state index in [9.17, 15) is 4.79 Å². The lowest BCUT2D eigenvalue weighted by atomic mass is 10.7. The Balaban J connectivity index is 2.53. The van der Waals surface area contributed by atoms with Crippen molar-refractivity contribution in [3.05, 3.63) is 10.4 Å². The fourth-order valence-electron chi connectivity index (χ4n) is 0.406. The third kappa shape index (κ3) is 3.59. The van der Waals surface area contributed by atoms with Crippen LogP contribution in [0.25, 0.3) is 0 Å². The van der Waals surface area contributed by atoms with Gasteiger partial charge in [0.15, 0.2) is 0 Å². The standard InChI is InChI=1S/C4H5N3OS3/c1-3(8)5-4-2-9-6-11-7-10-4/h2H,1H3,(H,5,8). The monoisotopic (exact) mass is 207 g/mol. The molecule has 0 spiro atoms. The zero-order valence-electron chi connectivity index (χ0n) is 5.60. The summed E-state index contributed by atoms with van der Waals surface area (Å²) in [6.45, 7) is 1.46. The molecule has 0 aromatic carbocycles.